The molecule has 1 saturated heterocycles. The second-order valence-electron chi connectivity index (χ2n) is 4.44. The summed E-state index contributed by atoms with van der Waals surface area (Å²) in [6, 6.07) is -0.864. The second kappa shape index (κ2) is 7.30. The van der Waals surface area contributed by atoms with Crippen molar-refractivity contribution in [1.82, 2.24) is 9.62 Å². The minimum Gasteiger partial charge on any atom is -0.392 e. The lowest BCUT2D eigenvalue weighted by Crippen LogP contribution is -2.58. The first-order valence-electron chi connectivity index (χ1n) is 6.51. The van der Waals surface area contributed by atoms with E-state index in [1.165, 1.54) is 0 Å². The van der Waals surface area contributed by atoms with Crippen LogP contribution < -0.4 is 11.1 Å². The van der Waals surface area contributed by atoms with Crippen molar-refractivity contribution < 1.29 is 17.9 Å². The number of nitrogens with one attached hydrogen (secondary N) is 1. The van der Waals surface area contributed by atoms with E-state index < -0.39 is 21.3 Å². The van der Waals surface area contributed by atoms with Crippen molar-refractivity contribution in [3.05, 3.63) is 0 Å². The number of hydrogen-bond acceptors (Lipinski definition) is 5. The highest BCUT2D eigenvalue weighted by atomic mass is 32.2. The van der Waals surface area contributed by atoms with Crippen LogP contribution in [0, 0.1) is 0 Å². The molecule has 0 bridgehead atoms. The Balaban J connectivity index is 3.05. The summed E-state index contributed by atoms with van der Waals surface area (Å²) in [5.74, 6) is -0.367. The lowest BCUT2D eigenvalue weighted by Gasteiger charge is -2.35. The van der Waals surface area contributed by atoms with Gasteiger partial charge >= 0.3 is 0 Å². The molecule has 1 amide bonds. The number of ether oxygens (including phenoxy) is 1. The Hall–Kier alpha value is -0.770. The number of morpholine rings is 1. The molecule has 2 unspecified atom stereocenters. The highest BCUT2D eigenvalue weighted by Gasteiger charge is 2.41. The second-order valence-corrected chi connectivity index (χ2v) is 6.98. The number of hydrogen-bond donors (Lipinski definition) is 2. The Labute approximate surface area is 124 Å². The Morgan fingerprint density at radius 1 is 1.55 bits per heavy atom. The number of nitrogens with two attached hydrogens (primary N) is 1. The van der Waals surface area contributed by atoms with Gasteiger partial charge in [-0.3, -0.25) is 4.79 Å². The molecule has 1 aliphatic rings. The van der Waals surface area contributed by atoms with Gasteiger partial charge in [-0.1, -0.05) is 19.1 Å². The summed E-state index contributed by atoms with van der Waals surface area (Å²) in [4.78, 5) is 11.9. The molecule has 0 aliphatic carbocycles. The molecule has 0 aromatic heterocycles. The highest BCUT2D eigenvalue weighted by Crippen LogP contribution is 2.19. The van der Waals surface area contributed by atoms with Gasteiger partial charge in [0.25, 0.3) is 0 Å². The van der Waals surface area contributed by atoms with Crippen LogP contribution in [-0.4, -0.2) is 61.2 Å². The number of thiocarbonyl (C=S) groups is 1. The fourth-order valence-corrected chi connectivity index (χ4v) is 4.53. The zero-order chi connectivity index (χ0) is 15.3. The van der Waals surface area contributed by atoms with E-state index in [9.17, 15) is 13.2 Å². The number of amides is 1. The van der Waals surface area contributed by atoms with E-state index in [4.69, 9.17) is 22.7 Å². The third-order valence-corrected chi connectivity index (χ3v) is 5.94. The van der Waals surface area contributed by atoms with Gasteiger partial charge in [0.15, 0.2) is 0 Å². The SMILES string of the molecule is CCNC(=O)C1COCCN1S(=O)(=O)C(CC)C(N)=S. The molecule has 116 valence electrons. The van der Waals surface area contributed by atoms with Crippen LogP contribution >= 0.6 is 12.2 Å². The third kappa shape index (κ3) is 3.66. The van der Waals surface area contributed by atoms with Crippen molar-refractivity contribution in [2.75, 3.05) is 26.3 Å². The number of nitrogens with zero attached hydrogens (tertiary/aromatic N) is 1. The van der Waals surface area contributed by atoms with Gasteiger partial charge in [0.05, 0.1) is 18.2 Å². The molecule has 0 saturated carbocycles. The van der Waals surface area contributed by atoms with E-state index in [1.807, 2.05) is 0 Å². The van der Waals surface area contributed by atoms with E-state index in [0.29, 0.717) is 6.54 Å². The van der Waals surface area contributed by atoms with Crippen LogP contribution in [0.25, 0.3) is 0 Å². The van der Waals surface area contributed by atoms with Crippen molar-refractivity contribution in [3.63, 3.8) is 0 Å². The topological polar surface area (TPSA) is 102 Å². The fraction of sp³-hybridized carbons (Fsp3) is 0.818. The zero-order valence-corrected chi connectivity index (χ0v) is 13.3. The summed E-state index contributed by atoms with van der Waals surface area (Å²) < 4.78 is 31.6. The first-order chi connectivity index (χ1) is 9.36. The van der Waals surface area contributed by atoms with Crippen LogP contribution in [0.2, 0.25) is 0 Å². The van der Waals surface area contributed by atoms with E-state index in [2.05, 4.69) is 5.32 Å². The Morgan fingerprint density at radius 2 is 2.20 bits per heavy atom. The Bertz CT molecular complexity index is 466. The maximum atomic E-state index is 12.6. The van der Waals surface area contributed by atoms with Crippen molar-refractivity contribution in [3.8, 4) is 0 Å². The average molecular weight is 323 g/mol. The van der Waals surface area contributed by atoms with Crippen molar-refractivity contribution in [1.29, 1.82) is 0 Å². The summed E-state index contributed by atoms with van der Waals surface area (Å²) in [6.07, 6.45) is 0.275. The molecule has 9 heteroatoms. The van der Waals surface area contributed by atoms with Gasteiger partial charge in [-0.15, -0.1) is 0 Å². The van der Waals surface area contributed by atoms with Crippen LogP contribution in [0.1, 0.15) is 20.3 Å². The van der Waals surface area contributed by atoms with Crippen LogP contribution in [0.5, 0.6) is 0 Å². The Morgan fingerprint density at radius 3 is 2.70 bits per heavy atom. The third-order valence-electron chi connectivity index (χ3n) is 3.11. The number of carbonyl (C=O) groups excluding carboxylic acids is 1. The maximum absolute atomic E-state index is 12.6. The van der Waals surface area contributed by atoms with Gasteiger partial charge in [0.1, 0.15) is 11.3 Å². The molecule has 0 aromatic carbocycles. The van der Waals surface area contributed by atoms with Gasteiger partial charge in [-0.25, -0.2) is 8.42 Å². The predicted octanol–water partition coefficient (Wildman–Crippen LogP) is -0.782. The molecular weight excluding hydrogens is 302 g/mol. The molecule has 7 nitrogen and oxygen atoms in total. The zero-order valence-electron chi connectivity index (χ0n) is 11.7. The van der Waals surface area contributed by atoms with E-state index in [0.717, 1.165) is 4.31 Å². The van der Waals surface area contributed by atoms with Crippen LogP contribution in [-0.2, 0) is 19.6 Å². The summed E-state index contributed by atoms with van der Waals surface area (Å²) in [6.45, 7) is 4.31. The molecule has 0 aromatic rings. The maximum Gasteiger partial charge on any atom is 0.240 e. The minimum absolute atomic E-state index is 0.0405. The molecule has 20 heavy (non-hydrogen) atoms. The van der Waals surface area contributed by atoms with Crippen LogP contribution in [0.15, 0.2) is 0 Å². The molecule has 2 atom stereocenters. The molecule has 3 N–H and O–H groups in total. The van der Waals surface area contributed by atoms with Gasteiger partial charge < -0.3 is 15.8 Å². The number of rotatable bonds is 6. The molecule has 0 radical (unpaired) electrons. The minimum atomic E-state index is -3.76. The molecule has 1 fully saturated rings. The molecular formula is C11H21N3O4S2. The molecule has 1 heterocycles. The Kier molecular flexibility index (Phi) is 6.31. The smallest absolute Gasteiger partial charge is 0.240 e. The first kappa shape index (κ1) is 17.3. The number of sulfonamides is 1. The fourth-order valence-electron chi connectivity index (χ4n) is 2.11. The van der Waals surface area contributed by atoms with Gasteiger partial charge in [-0.2, -0.15) is 4.31 Å². The van der Waals surface area contributed by atoms with E-state index >= 15 is 0 Å². The largest absolute Gasteiger partial charge is 0.392 e. The van der Waals surface area contributed by atoms with Gasteiger partial charge in [0.2, 0.25) is 15.9 Å². The van der Waals surface area contributed by atoms with Gasteiger partial charge in [-0.05, 0) is 13.3 Å². The quantitative estimate of drug-likeness (QED) is 0.622. The van der Waals surface area contributed by atoms with Crippen molar-refractivity contribution >= 4 is 33.1 Å². The summed E-state index contributed by atoms with van der Waals surface area (Å²) in [5.41, 5.74) is 5.51. The van der Waals surface area contributed by atoms with Crippen molar-refractivity contribution in [2.45, 2.75) is 31.6 Å². The van der Waals surface area contributed by atoms with E-state index in [-0.39, 0.29) is 37.1 Å². The molecule has 1 rings (SSSR count). The van der Waals surface area contributed by atoms with Crippen LogP contribution in [0.3, 0.4) is 0 Å². The predicted molar refractivity (Wildman–Crippen MR) is 79.8 cm³/mol. The number of carbonyl (C=O) groups is 1. The van der Waals surface area contributed by atoms with Crippen LogP contribution in [0.4, 0.5) is 0 Å². The average Bonchev–Trinajstić information content (AvgIpc) is 2.39. The van der Waals surface area contributed by atoms with Crippen molar-refractivity contribution in [2.24, 2.45) is 5.73 Å². The lowest BCUT2D eigenvalue weighted by molar-refractivity contribution is -0.129. The van der Waals surface area contributed by atoms with E-state index in [1.54, 1.807) is 13.8 Å². The van der Waals surface area contributed by atoms with Gasteiger partial charge in [0, 0.05) is 13.1 Å². The lowest BCUT2D eigenvalue weighted by atomic mass is 10.2. The normalized spacial score (nSPS) is 22.2. The highest BCUT2D eigenvalue weighted by molar-refractivity contribution is 7.92. The summed E-state index contributed by atoms with van der Waals surface area (Å²) in [5, 5.41) is 1.66. The molecule has 0 spiro atoms. The summed E-state index contributed by atoms with van der Waals surface area (Å²) >= 11 is 4.83. The first-order valence-corrected chi connectivity index (χ1v) is 8.42. The standard InChI is InChI=1S/C11H21N3O4S2/c1-3-9(10(12)19)20(16,17)14-5-6-18-7-8(14)11(15)13-4-2/h8-9H,3-7H2,1-2H3,(H2,12,19)(H,13,15). The number of likely N-dealkylation sites (N-methyl/N-ethyl adjacent to an activating group) is 1. The summed E-state index contributed by atoms with van der Waals surface area (Å²) in [7, 11) is -3.76. The monoisotopic (exact) mass is 323 g/mol. The molecule has 1 aliphatic heterocycles.